The lowest BCUT2D eigenvalue weighted by atomic mass is 10.1. The maximum atomic E-state index is 13.4. The van der Waals surface area contributed by atoms with Crippen LogP contribution in [0.1, 0.15) is 22.7 Å². The van der Waals surface area contributed by atoms with Gasteiger partial charge in [0.15, 0.2) is 0 Å². The highest BCUT2D eigenvalue weighted by molar-refractivity contribution is 5.74. The highest BCUT2D eigenvalue weighted by atomic mass is 19.4. The fourth-order valence-electron chi connectivity index (χ4n) is 2.61. The Kier molecular flexibility index (Phi) is 7.62. The molecule has 0 aliphatic carbocycles. The smallest absolute Gasteiger partial charge is 0.336 e. The van der Waals surface area contributed by atoms with Crippen molar-refractivity contribution >= 4 is 6.03 Å². The molecular weight excluding hydrogens is 386 g/mol. The van der Waals surface area contributed by atoms with E-state index in [0.717, 1.165) is 17.7 Å². The summed E-state index contributed by atoms with van der Waals surface area (Å²) in [6.07, 6.45) is -4.43. The van der Waals surface area contributed by atoms with E-state index in [9.17, 15) is 22.4 Å². The number of nitrogens with one attached hydrogen (secondary N) is 2. The van der Waals surface area contributed by atoms with Gasteiger partial charge in [-0.2, -0.15) is 13.2 Å². The second-order valence-corrected chi connectivity index (χ2v) is 6.48. The fourth-order valence-corrected chi connectivity index (χ4v) is 2.61. The number of amides is 2. The molecule has 0 radical (unpaired) electrons. The summed E-state index contributed by atoms with van der Waals surface area (Å²) in [5.41, 5.74) is 0.155. The Labute approximate surface area is 166 Å². The molecule has 2 aromatic carbocycles. The van der Waals surface area contributed by atoms with Crippen molar-refractivity contribution in [3.8, 4) is 11.8 Å². The lowest BCUT2D eigenvalue weighted by Crippen LogP contribution is -2.40. The first-order chi connectivity index (χ1) is 13.7. The van der Waals surface area contributed by atoms with Gasteiger partial charge in [0.1, 0.15) is 5.82 Å². The average Bonchev–Trinajstić information content (AvgIpc) is 2.65. The van der Waals surface area contributed by atoms with Gasteiger partial charge < -0.3 is 15.5 Å². The minimum atomic E-state index is -4.43. The van der Waals surface area contributed by atoms with E-state index in [2.05, 4.69) is 22.5 Å². The molecule has 0 aliphatic rings. The van der Waals surface area contributed by atoms with Gasteiger partial charge >= 0.3 is 12.2 Å². The Hall–Kier alpha value is -3.05. The van der Waals surface area contributed by atoms with E-state index >= 15 is 0 Å². The second kappa shape index (κ2) is 9.94. The summed E-state index contributed by atoms with van der Waals surface area (Å²) in [7, 11) is 3.63. The molecule has 0 heterocycles. The van der Waals surface area contributed by atoms with Gasteiger partial charge in [0.05, 0.1) is 18.2 Å². The zero-order valence-electron chi connectivity index (χ0n) is 16.0. The number of hydrogen-bond acceptors (Lipinski definition) is 2. The Morgan fingerprint density at radius 1 is 1.10 bits per heavy atom. The first-order valence-corrected chi connectivity index (χ1v) is 8.76. The van der Waals surface area contributed by atoms with Crippen molar-refractivity contribution in [1.82, 2.24) is 15.5 Å². The Morgan fingerprint density at radius 3 is 2.48 bits per heavy atom. The summed E-state index contributed by atoms with van der Waals surface area (Å²) in [5, 5.41) is 5.20. The Balaban J connectivity index is 1.87. The first kappa shape index (κ1) is 22.2. The zero-order chi connectivity index (χ0) is 21.4. The molecule has 154 valence electrons. The van der Waals surface area contributed by atoms with Crippen molar-refractivity contribution in [2.45, 2.75) is 12.2 Å². The molecule has 2 aromatic rings. The highest BCUT2D eigenvalue weighted by Crippen LogP contribution is 2.29. The quantitative estimate of drug-likeness (QED) is 0.585. The average molecular weight is 407 g/mol. The van der Waals surface area contributed by atoms with E-state index in [-0.39, 0.29) is 30.5 Å². The number of carbonyl (C=O) groups is 1. The number of hydrogen-bond donors (Lipinski definition) is 2. The molecule has 4 nitrogen and oxygen atoms in total. The van der Waals surface area contributed by atoms with Crippen LogP contribution in [0.5, 0.6) is 0 Å². The maximum absolute atomic E-state index is 13.4. The minimum absolute atomic E-state index is 0.0331. The molecule has 0 bridgehead atoms. The standard InChI is InChI=1S/C21H21F4N3O/c1-28(2)19(16-8-4-10-18(22)13-16)14-27-20(29)26-11-5-7-15-6-3-9-17(12-15)21(23,24)25/h3-4,6,8-10,12-13,19H,11,14H2,1-2H3,(H2,26,27,29). The molecule has 1 unspecified atom stereocenters. The summed E-state index contributed by atoms with van der Waals surface area (Å²) in [6.45, 7) is 0.206. The van der Waals surface area contributed by atoms with Crippen molar-refractivity contribution in [3.05, 3.63) is 71.0 Å². The van der Waals surface area contributed by atoms with Crippen LogP contribution in [0.3, 0.4) is 0 Å². The van der Waals surface area contributed by atoms with E-state index in [1.54, 1.807) is 12.1 Å². The van der Waals surface area contributed by atoms with Crippen molar-refractivity contribution in [2.75, 3.05) is 27.2 Å². The Morgan fingerprint density at radius 2 is 1.83 bits per heavy atom. The van der Waals surface area contributed by atoms with Crippen molar-refractivity contribution in [3.63, 3.8) is 0 Å². The molecule has 0 aliphatic heterocycles. The van der Waals surface area contributed by atoms with Gasteiger partial charge in [0.25, 0.3) is 0 Å². The van der Waals surface area contributed by atoms with Crippen molar-refractivity contribution in [2.24, 2.45) is 0 Å². The number of carbonyl (C=O) groups excluding carboxylic acids is 1. The fraction of sp³-hybridized carbons (Fsp3) is 0.286. The highest BCUT2D eigenvalue weighted by Gasteiger charge is 2.30. The molecule has 0 saturated carbocycles. The minimum Gasteiger partial charge on any atom is -0.336 e. The molecule has 0 spiro atoms. The second-order valence-electron chi connectivity index (χ2n) is 6.48. The molecule has 29 heavy (non-hydrogen) atoms. The molecule has 2 N–H and O–H groups in total. The van der Waals surface area contributed by atoms with Crippen LogP contribution in [0.4, 0.5) is 22.4 Å². The van der Waals surface area contributed by atoms with E-state index in [1.165, 1.54) is 24.3 Å². The summed E-state index contributed by atoms with van der Waals surface area (Å²) in [6, 6.07) is 10.1. The van der Waals surface area contributed by atoms with E-state index in [4.69, 9.17) is 0 Å². The maximum Gasteiger partial charge on any atom is 0.416 e. The first-order valence-electron chi connectivity index (χ1n) is 8.76. The summed E-state index contributed by atoms with van der Waals surface area (Å²) in [4.78, 5) is 13.8. The molecule has 2 rings (SSSR count). The molecule has 0 fully saturated rings. The predicted octanol–water partition coefficient (Wildman–Crippen LogP) is 3.80. The van der Waals surface area contributed by atoms with Crippen LogP contribution in [-0.2, 0) is 6.18 Å². The lowest BCUT2D eigenvalue weighted by molar-refractivity contribution is -0.137. The molecule has 2 amide bonds. The van der Waals surface area contributed by atoms with Gasteiger partial charge in [0.2, 0.25) is 0 Å². The normalized spacial score (nSPS) is 12.1. The molecule has 0 saturated heterocycles. The summed E-state index contributed by atoms with van der Waals surface area (Å²) >= 11 is 0. The third-order valence-electron chi connectivity index (χ3n) is 4.07. The van der Waals surface area contributed by atoms with Gasteiger partial charge in [-0.05, 0) is 50.0 Å². The van der Waals surface area contributed by atoms with Gasteiger partial charge in [-0.3, -0.25) is 0 Å². The monoisotopic (exact) mass is 407 g/mol. The van der Waals surface area contributed by atoms with Crippen LogP contribution in [0.2, 0.25) is 0 Å². The molecular formula is C21H21F4N3O. The number of rotatable bonds is 5. The van der Waals surface area contributed by atoms with Crippen LogP contribution in [0.25, 0.3) is 0 Å². The van der Waals surface area contributed by atoms with Crippen molar-refractivity contribution in [1.29, 1.82) is 0 Å². The largest absolute Gasteiger partial charge is 0.416 e. The van der Waals surface area contributed by atoms with Gasteiger partial charge in [-0.1, -0.05) is 30.0 Å². The number of urea groups is 1. The molecule has 1 atom stereocenters. The number of likely N-dealkylation sites (N-methyl/N-ethyl adjacent to an activating group) is 1. The van der Waals surface area contributed by atoms with E-state index < -0.39 is 17.8 Å². The number of benzene rings is 2. The van der Waals surface area contributed by atoms with Crippen LogP contribution in [-0.4, -0.2) is 38.1 Å². The van der Waals surface area contributed by atoms with Crippen molar-refractivity contribution < 1.29 is 22.4 Å². The number of nitrogens with zero attached hydrogens (tertiary/aromatic N) is 1. The van der Waals surface area contributed by atoms with Crippen LogP contribution in [0, 0.1) is 17.7 Å². The number of alkyl halides is 3. The van der Waals surface area contributed by atoms with Crippen LogP contribution in [0.15, 0.2) is 48.5 Å². The molecule has 0 aromatic heterocycles. The van der Waals surface area contributed by atoms with Gasteiger partial charge in [-0.15, -0.1) is 0 Å². The van der Waals surface area contributed by atoms with Gasteiger partial charge in [-0.25, -0.2) is 9.18 Å². The van der Waals surface area contributed by atoms with Crippen LogP contribution >= 0.6 is 0 Å². The summed E-state index contributed by atoms with van der Waals surface area (Å²) in [5.74, 6) is 4.84. The molecule has 8 heteroatoms. The number of halogens is 4. The summed E-state index contributed by atoms with van der Waals surface area (Å²) < 4.78 is 51.5. The zero-order valence-corrected chi connectivity index (χ0v) is 16.0. The van der Waals surface area contributed by atoms with Gasteiger partial charge in [0, 0.05) is 12.1 Å². The van der Waals surface area contributed by atoms with E-state index in [1.807, 2.05) is 19.0 Å². The third-order valence-corrected chi connectivity index (χ3v) is 4.07. The SMILES string of the molecule is CN(C)C(CNC(=O)NCC#Cc1cccc(C(F)(F)F)c1)c1cccc(F)c1. The predicted molar refractivity (Wildman–Crippen MR) is 103 cm³/mol. The Bertz CT molecular complexity index is 901. The van der Waals surface area contributed by atoms with E-state index in [0.29, 0.717) is 0 Å². The topological polar surface area (TPSA) is 44.4 Å². The van der Waals surface area contributed by atoms with Crippen LogP contribution < -0.4 is 10.6 Å². The third kappa shape index (κ3) is 7.12. The lowest BCUT2D eigenvalue weighted by Gasteiger charge is -2.25.